The van der Waals surface area contributed by atoms with Crippen molar-refractivity contribution in [2.45, 2.75) is 58.2 Å². The third-order valence-electron chi connectivity index (χ3n) is 10.6. The van der Waals surface area contributed by atoms with Gasteiger partial charge in [0.25, 0.3) is 11.1 Å². The first-order valence-electron chi connectivity index (χ1n) is 19.6. The van der Waals surface area contributed by atoms with Crippen LogP contribution < -0.4 is 31.2 Å². The third kappa shape index (κ3) is 9.24. The molecular formula is C42H53N7O9. The van der Waals surface area contributed by atoms with E-state index in [0.29, 0.717) is 99.1 Å². The summed E-state index contributed by atoms with van der Waals surface area (Å²) in [5.41, 5.74) is 5.15. The second kappa shape index (κ2) is 18.8. The average Bonchev–Trinajstić information content (AvgIpc) is 3.20. The van der Waals surface area contributed by atoms with Crippen molar-refractivity contribution in [1.29, 1.82) is 0 Å². The van der Waals surface area contributed by atoms with Crippen molar-refractivity contribution in [3.63, 3.8) is 0 Å². The molecule has 0 aliphatic carbocycles. The van der Waals surface area contributed by atoms with Gasteiger partial charge in [-0.25, -0.2) is 9.78 Å². The fourth-order valence-electron chi connectivity index (χ4n) is 7.79. The maximum atomic E-state index is 13.7. The number of hydrogen-bond acceptors (Lipinski definition) is 11. The number of amides is 4. The quantitative estimate of drug-likeness (QED) is 0.126. The van der Waals surface area contributed by atoms with Gasteiger partial charge in [-0.15, -0.1) is 0 Å². The fourth-order valence-corrected chi connectivity index (χ4v) is 7.79. The minimum Gasteiger partial charge on any atom is -0.496 e. The molecule has 0 radical (unpaired) electrons. The highest BCUT2D eigenvalue weighted by Crippen LogP contribution is 2.38. The molecule has 16 heteroatoms. The summed E-state index contributed by atoms with van der Waals surface area (Å²) in [5, 5.41) is 5.69. The number of fused-ring (bicyclic) bond motifs is 2. The first kappa shape index (κ1) is 42.0. The lowest BCUT2D eigenvalue weighted by Gasteiger charge is -2.30. The smallest absolute Gasteiger partial charge is 0.317 e. The molecule has 6 rings (SSSR count). The number of hydrogen-bond donors (Lipinski definition) is 2. The Morgan fingerprint density at radius 2 is 1.69 bits per heavy atom. The van der Waals surface area contributed by atoms with Crippen LogP contribution in [0.4, 0.5) is 4.79 Å². The molecule has 1 atom stereocenters. The van der Waals surface area contributed by atoms with Crippen molar-refractivity contribution >= 4 is 28.7 Å². The maximum Gasteiger partial charge on any atom is 0.317 e. The minimum atomic E-state index is -0.780. The fraction of sp³-hybridized carbons (Fsp3) is 0.476. The molecule has 1 saturated heterocycles. The number of carbonyl (C=O) groups excluding carboxylic acids is 3. The number of methoxy groups -OCH3 is 2. The molecule has 1 fully saturated rings. The molecule has 2 N–H and O–H groups in total. The molecule has 1 unspecified atom stereocenters. The summed E-state index contributed by atoms with van der Waals surface area (Å²) in [6.45, 7) is 4.70. The van der Waals surface area contributed by atoms with Crippen LogP contribution in [0.1, 0.15) is 53.4 Å². The number of aromatic nitrogens is 3. The number of ether oxygens (including phenoxy) is 4. The Labute approximate surface area is 337 Å². The summed E-state index contributed by atoms with van der Waals surface area (Å²) in [5.74, 6) is 0.990. The van der Waals surface area contributed by atoms with Gasteiger partial charge >= 0.3 is 6.03 Å². The Morgan fingerprint density at radius 3 is 2.38 bits per heavy atom. The standard InChI is InChI=1S/C42H53N7O9/c1-26-44-33-11-7-9-27(38(33)41(53)49(26)34-12-13-37(50)45-39(34)51)10-8-17-57-19-20-58-18-15-43-42(54)48-16-14-29-30(24-47(4)40(52)31(29)25-48)28-21-35(55-5)32(23-46(2)3)36(22-28)56-6/h7,9,11,21-22,24,34H,8,10,12-20,23,25H2,1-6H3,(H,43,54)(H,45,50,51). The highest BCUT2D eigenvalue weighted by molar-refractivity contribution is 5.99. The molecule has 0 bridgehead atoms. The number of nitrogens with zero attached hydrogens (tertiary/aromatic N) is 5. The second-order valence-electron chi connectivity index (χ2n) is 14.9. The van der Waals surface area contributed by atoms with Gasteiger partial charge in [0.1, 0.15) is 23.4 Å². The molecule has 58 heavy (non-hydrogen) atoms. The van der Waals surface area contributed by atoms with E-state index in [9.17, 15) is 24.0 Å². The number of pyridine rings is 1. The Morgan fingerprint density at radius 1 is 0.966 bits per heavy atom. The highest BCUT2D eigenvalue weighted by atomic mass is 16.5. The summed E-state index contributed by atoms with van der Waals surface area (Å²) in [6.07, 6.45) is 3.99. The molecule has 310 valence electrons. The SMILES string of the molecule is COc1cc(-c2cn(C)c(=O)c3c2CCN(C(=O)NCCOCCOCCCc2cccc4nc(C)n(C5CCC(=O)NC5=O)c(=O)c24)C3)cc(OC)c1CN(C)C. The van der Waals surface area contributed by atoms with Crippen molar-refractivity contribution < 1.29 is 33.3 Å². The minimum absolute atomic E-state index is 0.139. The lowest BCUT2D eigenvalue weighted by atomic mass is 9.91. The van der Waals surface area contributed by atoms with Gasteiger partial charge in [0.05, 0.1) is 57.1 Å². The van der Waals surface area contributed by atoms with E-state index >= 15 is 0 Å². The zero-order valence-corrected chi connectivity index (χ0v) is 34.1. The van der Waals surface area contributed by atoms with Crippen LogP contribution in [0.2, 0.25) is 0 Å². The van der Waals surface area contributed by atoms with E-state index in [1.54, 1.807) is 43.7 Å². The molecule has 0 saturated carbocycles. The third-order valence-corrected chi connectivity index (χ3v) is 10.6. The van der Waals surface area contributed by atoms with Crippen molar-refractivity contribution in [3.05, 3.63) is 85.3 Å². The zero-order valence-electron chi connectivity index (χ0n) is 34.1. The number of rotatable bonds is 16. The van der Waals surface area contributed by atoms with E-state index in [2.05, 4.69) is 15.6 Å². The van der Waals surface area contributed by atoms with Crippen LogP contribution in [0.3, 0.4) is 0 Å². The van der Waals surface area contributed by atoms with Crippen molar-refractivity contribution in [2.24, 2.45) is 7.05 Å². The molecule has 4 heterocycles. The van der Waals surface area contributed by atoms with Gasteiger partial charge in [0, 0.05) is 57.0 Å². The van der Waals surface area contributed by atoms with Crippen LogP contribution in [0.15, 0.2) is 46.1 Å². The van der Waals surface area contributed by atoms with Crippen LogP contribution >= 0.6 is 0 Å². The number of urea groups is 1. The molecule has 2 aliphatic rings. The van der Waals surface area contributed by atoms with Crippen LogP contribution in [0, 0.1) is 6.92 Å². The lowest BCUT2D eigenvalue weighted by Crippen LogP contribution is -2.45. The van der Waals surface area contributed by atoms with Gasteiger partial charge in [-0.1, -0.05) is 12.1 Å². The van der Waals surface area contributed by atoms with E-state index in [0.717, 1.165) is 27.8 Å². The topological polar surface area (TPSA) is 176 Å². The van der Waals surface area contributed by atoms with Crippen molar-refractivity contribution in [3.8, 4) is 22.6 Å². The van der Waals surface area contributed by atoms with E-state index in [1.165, 1.54) is 4.57 Å². The normalized spacial score (nSPS) is 15.4. The molecule has 0 spiro atoms. The summed E-state index contributed by atoms with van der Waals surface area (Å²) < 4.78 is 25.9. The Balaban J connectivity index is 0.956. The largest absolute Gasteiger partial charge is 0.496 e. The Hall–Kier alpha value is -5.58. The number of carbonyl (C=O) groups is 3. The van der Waals surface area contributed by atoms with E-state index in [4.69, 9.17) is 18.9 Å². The Bertz CT molecular complexity index is 2280. The van der Waals surface area contributed by atoms with Gasteiger partial charge in [0.15, 0.2) is 0 Å². The maximum absolute atomic E-state index is 13.7. The molecule has 4 amide bonds. The number of imide groups is 1. The van der Waals surface area contributed by atoms with Gasteiger partial charge in [-0.3, -0.25) is 29.1 Å². The molecule has 16 nitrogen and oxygen atoms in total. The average molecular weight is 800 g/mol. The molecular weight excluding hydrogens is 747 g/mol. The number of benzene rings is 2. The zero-order chi connectivity index (χ0) is 41.5. The highest BCUT2D eigenvalue weighted by Gasteiger charge is 2.31. The van der Waals surface area contributed by atoms with Gasteiger partial charge < -0.3 is 38.6 Å². The second-order valence-corrected chi connectivity index (χ2v) is 14.9. The summed E-state index contributed by atoms with van der Waals surface area (Å²) >= 11 is 0. The number of piperidine rings is 1. The Kier molecular flexibility index (Phi) is 13.6. The number of aryl methyl sites for hydroxylation is 3. The van der Waals surface area contributed by atoms with Crippen LogP contribution in [-0.2, 0) is 52.0 Å². The van der Waals surface area contributed by atoms with Crippen molar-refractivity contribution in [2.75, 3.05) is 67.8 Å². The number of nitrogens with one attached hydrogen (secondary N) is 2. The van der Waals surface area contributed by atoms with Gasteiger partial charge in [0.2, 0.25) is 11.8 Å². The van der Waals surface area contributed by atoms with Crippen molar-refractivity contribution in [1.82, 2.24) is 34.6 Å². The summed E-state index contributed by atoms with van der Waals surface area (Å²) in [7, 11) is 8.95. The van der Waals surface area contributed by atoms with E-state index in [1.807, 2.05) is 49.5 Å². The first-order valence-corrected chi connectivity index (χ1v) is 19.6. The van der Waals surface area contributed by atoms with E-state index < -0.39 is 11.9 Å². The van der Waals surface area contributed by atoms with Crippen LogP contribution in [0.5, 0.6) is 11.5 Å². The lowest BCUT2D eigenvalue weighted by molar-refractivity contribution is -0.135. The predicted octanol–water partition coefficient (Wildman–Crippen LogP) is 2.86. The van der Waals surface area contributed by atoms with Gasteiger partial charge in [-0.05, 0) is 81.6 Å². The van der Waals surface area contributed by atoms with Gasteiger partial charge in [-0.2, -0.15) is 0 Å². The molecule has 4 aromatic rings. The molecule has 2 aromatic carbocycles. The van der Waals surface area contributed by atoms with E-state index in [-0.39, 0.29) is 42.4 Å². The molecule has 2 aliphatic heterocycles. The predicted molar refractivity (Wildman–Crippen MR) is 217 cm³/mol. The summed E-state index contributed by atoms with van der Waals surface area (Å²) in [4.78, 5) is 72.7. The van der Waals surface area contributed by atoms with Crippen LogP contribution in [0.25, 0.3) is 22.0 Å². The van der Waals surface area contributed by atoms with Crippen LogP contribution in [-0.4, -0.2) is 110 Å². The first-order chi connectivity index (χ1) is 27.9. The summed E-state index contributed by atoms with van der Waals surface area (Å²) in [6, 6.07) is 8.43. The monoisotopic (exact) mass is 799 g/mol. The molecule has 2 aromatic heterocycles.